The summed E-state index contributed by atoms with van der Waals surface area (Å²) in [6.07, 6.45) is -4.74. The third-order valence-electron chi connectivity index (χ3n) is 1.58. The zero-order valence-corrected chi connectivity index (χ0v) is 7.40. The fourth-order valence-electron chi connectivity index (χ4n) is 0.962. The number of benzene rings is 1. The van der Waals surface area contributed by atoms with Crippen molar-refractivity contribution in [3.63, 3.8) is 0 Å². The van der Waals surface area contributed by atoms with Crippen LogP contribution < -0.4 is 0 Å². The molecular formula is C10H6F4O. The van der Waals surface area contributed by atoms with Crippen molar-refractivity contribution in [1.29, 1.82) is 0 Å². The van der Waals surface area contributed by atoms with Gasteiger partial charge in [0.15, 0.2) is 0 Å². The molecule has 15 heavy (non-hydrogen) atoms. The molecule has 0 bridgehead atoms. The molecule has 0 radical (unpaired) electrons. The largest absolute Gasteiger partial charge is 0.419 e. The molecule has 0 amide bonds. The van der Waals surface area contributed by atoms with E-state index in [4.69, 9.17) is 5.11 Å². The van der Waals surface area contributed by atoms with Gasteiger partial charge in [-0.25, -0.2) is 4.39 Å². The van der Waals surface area contributed by atoms with E-state index in [9.17, 15) is 17.6 Å². The van der Waals surface area contributed by atoms with Crippen LogP contribution in [-0.4, -0.2) is 11.7 Å². The molecule has 0 fully saturated rings. The van der Waals surface area contributed by atoms with E-state index in [0.717, 1.165) is 6.07 Å². The Morgan fingerprint density at radius 3 is 2.47 bits per heavy atom. The summed E-state index contributed by atoms with van der Waals surface area (Å²) in [6, 6.07) is 2.43. The van der Waals surface area contributed by atoms with Crippen molar-refractivity contribution in [3.8, 4) is 11.8 Å². The van der Waals surface area contributed by atoms with Gasteiger partial charge in [-0.1, -0.05) is 11.8 Å². The van der Waals surface area contributed by atoms with E-state index in [1.54, 1.807) is 0 Å². The number of hydrogen-bond donors (Lipinski definition) is 1. The van der Waals surface area contributed by atoms with E-state index in [1.165, 1.54) is 0 Å². The number of alkyl halides is 3. The Morgan fingerprint density at radius 1 is 1.27 bits per heavy atom. The minimum atomic E-state index is -4.74. The second kappa shape index (κ2) is 4.32. The summed E-state index contributed by atoms with van der Waals surface area (Å²) in [5, 5.41) is 8.34. The van der Waals surface area contributed by atoms with Gasteiger partial charge in [-0.15, -0.1) is 0 Å². The molecule has 0 aromatic heterocycles. The van der Waals surface area contributed by atoms with Crippen LogP contribution in [0.3, 0.4) is 0 Å². The number of aliphatic hydroxyl groups excluding tert-OH is 1. The van der Waals surface area contributed by atoms with E-state index in [2.05, 4.69) is 11.8 Å². The van der Waals surface area contributed by atoms with Crippen molar-refractivity contribution >= 4 is 0 Å². The molecule has 5 heteroatoms. The molecule has 0 atom stereocenters. The number of aliphatic hydroxyl groups is 1. The van der Waals surface area contributed by atoms with E-state index >= 15 is 0 Å². The van der Waals surface area contributed by atoms with Gasteiger partial charge in [-0.2, -0.15) is 13.2 Å². The van der Waals surface area contributed by atoms with Gasteiger partial charge in [-0.05, 0) is 18.2 Å². The summed E-state index contributed by atoms with van der Waals surface area (Å²) in [6.45, 7) is -0.460. The average molecular weight is 218 g/mol. The van der Waals surface area contributed by atoms with Crippen LogP contribution in [0.2, 0.25) is 0 Å². The molecule has 0 aliphatic heterocycles. The molecular weight excluding hydrogens is 212 g/mol. The second-order valence-electron chi connectivity index (χ2n) is 2.65. The van der Waals surface area contributed by atoms with E-state index in [-0.39, 0.29) is 5.56 Å². The minimum absolute atomic E-state index is 0.0118. The zero-order chi connectivity index (χ0) is 11.5. The molecule has 0 spiro atoms. The van der Waals surface area contributed by atoms with Crippen molar-refractivity contribution in [2.24, 2.45) is 0 Å². The molecule has 0 aliphatic rings. The maximum atomic E-state index is 12.8. The maximum Gasteiger partial charge on any atom is 0.419 e. The molecule has 1 aromatic rings. The first-order valence-corrected chi connectivity index (χ1v) is 3.91. The molecule has 1 aromatic carbocycles. The first kappa shape index (κ1) is 11.5. The smallest absolute Gasteiger partial charge is 0.384 e. The third-order valence-corrected chi connectivity index (χ3v) is 1.58. The highest BCUT2D eigenvalue weighted by molar-refractivity contribution is 5.38. The molecule has 0 saturated heterocycles. The van der Waals surface area contributed by atoms with Crippen molar-refractivity contribution in [2.45, 2.75) is 6.18 Å². The summed E-state index contributed by atoms with van der Waals surface area (Å²) in [7, 11) is 0. The van der Waals surface area contributed by atoms with Gasteiger partial charge in [0.05, 0.1) is 5.56 Å². The molecule has 0 unspecified atom stereocenters. The Hall–Kier alpha value is -1.54. The predicted molar refractivity (Wildman–Crippen MR) is 45.4 cm³/mol. The van der Waals surface area contributed by atoms with E-state index in [0.29, 0.717) is 12.1 Å². The van der Waals surface area contributed by atoms with Crippen molar-refractivity contribution in [1.82, 2.24) is 0 Å². The minimum Gasteiger partial charge on any atom is -0.384 e. The fraction of sp³-hybridized carbons (Fsp3) is 0.200. The summed E-state index contributed by atoms with van der Waals surface area (Å²) in [4.78, 5) is 0. The van der Waals surface area contributed by atoms with Crippen LogP contribution in [0.15, 0.2) is 18.2 Å². The monoisotopic (exact) mass is 218 g/mol. The first-order chi connectivity index (χ1) is 6.95. The van der Waals surface area contributed by atoms with Gasteiger partial charge in [0.1, 0.15) is 12.4 Å². The van der Waals surface area contributed by atoms with Gasteiger partial charge < -0.3 is 5.11 Å². The van der Waals surface area contributed by atoms with Gasteiger partial charge in [0, 0.05) is 5.56 Å². The molecule has 0 saturated carbocycles. The van der Waals surface area contributed by atoms with Crippen LogP contribution in [-0.2, 0) is 6.18 Å². The molecule has 1 N–H and O–H groups in total. The number of hydrogen-bond acceptors (Lipinski definition) is 1. The molecule has 1 rings (SSSR count). The predicted octanol–water partition coefficient (Wildman–Crippen LogP) is 2.19. The Labute approximate surface area is 83.3 Å². The maximum absolute atomic E-state index is 12.8. The highest BCUT2D eigenvalue weighted by Crippen LogP contribution is 2.31. The highest BCUT2D eigenvalue weighted by atomic mass is 19.4. The standard InChI is InChI=1S/C10H6F4O/c11-9-4-3-7(2-1-5-15)6-8(9)10(12,13)14/h3-4,6,15H,5H2. The summed E-state index contributed by atoms with van der Waals surface area (Å²) < 4.78 is 49.4. The van der Waals surface area contributed by atoms with Crippen LogP contribution >= 0.6 is 0 Å². The molecule has 80 valence electrons. The first-order valence-electron chi connectivity index (χ1n) is 3.91. The van der Waals surface area contributed by atoms with Crippen molar-refractivity contribution in [3.05, 3.63) is 35.1 Å². The van der Waals surface area contributed by atoms with Gasteiger partial charge in [-0.3, -0.25) is 0 Å². The highest BCUT2D eigenvalue weighted by Gasteiger charge is 2.34. The molecule has 1 nitrogen and oxygen atoms in total. The third kappa shape index (κ3) is 2.96. The average Bonchev–Trinajstić information content (AvgIpc) is 2.15. The molecule has 0 heterocycles. The lowest BCUT2D eigenvalue weighted by Crippen LogP contribution is -2.08. The van der Waals surface area contributed by atoms with Crippen LogP contribution in [0.4, 0.5) is 17.6 Å². The quantitative estimate of drug-likeness (QED) is 0.522. The lowest BCUT2D eigenvalue weighted by molar-refractivity contribution is -0.140. The number of halogens is 4. The Morgan fingerprint density at radius 2 is 1.93 bits per heavy atom. The van der Waals surface area contributed by atoms with E-state index < -0.39 is 24.2 Å². The van der Waals surface area contributed by atoms with Gasteiger partial charge >= 0.3 is 6.18 Å². The summed E-state index contributed by atoms with van der Waals surface area (Å²) >= 11 is 0. The van der Waals surface area contributed by atoms with Gasteiger partial charge in [0.2, 0.25) is 0 Å². The van der Waals surface area contributed by atoms with Crippen LogP contribution in [0.25, 0.3) is 0 Å². The van der Waals surface area contributed by atoms with Crippen molar-refractivity contribution < 1.29 is 22.7 Å². The van der Waals surface area contributed by atoms with Crippen LogP contribution in [0.1, 0.15) is 11.1 Å². The topological polar surface area (TPSA) is 20.2 Å². The Balaban J connectivity index is 3.17. The normalized spacial score (nSPS) is 10.7. The lowest BCUT2D eigenvalue weighted by Gasteiger charge is -2.07. The Kier molecular flexibility index (Phi) is 3.32. The van der Waals surface area contributed by atoms with Crippen LogP contribution in [0.5, 0.6) is 0 Å². The Bertz CT molecular complexity index is 412. The number of rotatable bonds is 0. The molecule has 0 aliphatic carbocycles. The summed E-state index contributed by atoms with van der Waals surface area (Å²) in [5.41, 5.74) is -1.34. The lowest BCUT2D eigenvalue weighted by atomic mass is 10.1. The summed E-state index contributed by atoms with van der Waals surface area (Å²) in [5.74, 6) is 3.11. The SMILES string of the molecule is OCC#Cc1ccc(F)c(C(F)(F)F)c1. The van der Waals surface area contributed by atoms with Gasteiger partial charge in [0.25, 0.3) is 0 Å². The van der Waals surface area contributed by atoms with Crippen molar-refractivity contribution in [2.75, 3.05) is 6.61 Å². The fourth-order valence-corrected chi connectivity index (χ4v) is 0.962. The zero-order valence-electron chi connectivity index (χ0n) is 7.40. The van der Waals surface area contributed by atoms with E-state index in [1.807, 2.05) is 0 Å². The second-order valence-corrected chi connectivity index (χ2v) is 2.65. The van der Waals surface area contributed by atoms with Crippen LogP contribution in [0, 0.1) is 17.7 Å².